The standard InChI is InChI=1S/C8H6ClNO3/c9-6-3-5(8(12)13)1-2-7(6)10-4-11/h1-4H,(H,10,11)(H,12,13). The third kappa shape index (κ3) is 2.19. The minimum atomic E-state index is -1.06. The second-order valence-electron chi connectivity index (χ2n) is 2.26. The van der Waals surface area contributed by atoms with Gasteiger partial charge in [-0.15, -0.1) is 0 Å². The van der Waals surface area contributed by atoms with Crippen LogP contribution in [0.3, 0.4) is 0 Å². The lowest BCUT2D eigenvalue weighted by atomic mass is 10.2. The second kappa shape index (κ2) is 3.91. The van der Waals surface area contributed by atoms with E-state index in [0.717, 1.165) is 0 Å². The van der Waals surface area contributed by atoms with Crippen molar-refractivity contribution in [3.05, 3.63) is 28.8 Å². The predicted molar refractivity (Wildman–Crippen MR) is 48.1 cm³/mol. The number of carbonyl (C=O) groups is 2. The average molecular weight is 200 g/mol. The highest BCUT2D eigenvalue weighted by molar-refractivity contribution is 6.33. The van der Waals surface area contributed by atoms with E-state index in [9.17, 15) is 9.59 Å². The molecule has 1 rings (SSSR count). The van der Waals surface area contributed by atoms with Crippen LogP contribution >= 0.6 is 11.6 Å². The van der Waals surface area contributed by atoms with Crippen LogP contribution in [0.4, 0.5) is 5.69 Å². The smallest absolute Gasteiger partial charge is 0.335 e. The van der Waals surface area contributed by atoms with Gasteiger partial charge in [0.25, 0.3) is 0 Å². The Morgan fingerprint density at radius 1 is 1.54 bits per heavy atom. The van der Waals surface area contributed by atoms with E-state index in [2.05, 4.69) is 5.32 Å². The number of anilines is 1. The Bertz CT molecular complexity index is 351. The third-order valence-electron chi connectivity index (χ3n) is 1.43. The highest BCUT2D eigenvalue weighted by Gasteiger charge is 2.05. The monoisotopic (exact) mass is 199 g/mol. The van der Waals surface area contributed by atoms with Crippen LogP contribution in [0.2, 0.25) is 5.02 Å². The first-order chi connectivity index (χ1) is 6.15. The van der Waals surface area contributed by atoms with Gasteiger partial charge in [0.2, 0.25) is 6.41 Å². The number of carbonyl (C=O) groups excluding carboxylic acids is 1. The number of hydrogen-bond donors (Lipinski definition) is 2. The quantitative estimate of drug-likeness (QED) is 0.727. The molecule has 0 saturated heterocycles. The molecule has 13 heavy (non-hydrogen) atoms. The largest absolute Gasteiger partial charge is 0.478 e. The average Bonchev–Trinajstić information content (AvgIpc) is 2.08. The van der Waals surface area contributed by atoms with Gasteiger partial charge in [-0.2, -0.15) is 0 Å². The van der Waals surface area contributed by atoms with Crippen LogP contribution in [0.15, 0.2) is 18.2 Å². The van der Waals surface area contributed by atoms with Gasteiger partial charge in [-0.3, -0.25) is 4.79 Å². The van der Waals surface area contributed by atoms with Crippen LogP contribution in [-0.4, -0.2) is 17.5 Å². The summed E-state index contributed by atoms with van der Waals surface area (Å²) in [6, 6.07) is 4.07. The van der Waals surface area contributed by atoms with Crippen molar-refractivity contribution in [1.82, 2.24) is 0 Å². The summed E-state index contributed by atoms with van der Waals surface area (Å²) in [4.78, 5) is 20.5. The number of benzene rings is 1. The lowest BCUT2D eigenvalue weighted by molar-refractivity contribution is -0.105. The van der Waals surface area contributed by atoms with Gasteiger partial charge < -0.3 is 10.4 Å². The van der Waals surface area contributed by atoms with Crippen molar-refractivity contribution in [2.75, 3.05) is 5.32 Å². The summed E-state index contributed by atoms with van der Waals surface area (Å²) in [7, 11) is 0. The molecule has 0 spiro atoms. The summed E-state index contributed by atoms with van der Waals surface area (Å²) >= 11 is 5.67. The van der Waals surface area contributed by atoms with E-state index in [1.54, 1.807) is 0 Å². The van der Waals surface area contributed by atoms with E-state index in [1.807, 2.05) is 0 Å². The molecule has 0 aliphatic heterocycles. The molecule has 68 valence electrons. The number of carboxylic acid groups (broad SMARTS) is 1. The van der Waals surface area contributed by atoms with Crippen LogP contribution in [0.5, 0.6) is 0 Å². The minimum Gasteiger partial charge on any atom is -0.478 e. The third-order valence-corrected chi connectivity index (χ3v) is 1.74. The van der Waals surface area contributed by atoms with E-state index in [0.29, 0.717) is 12.1 Å². The molecule has 1 amide bonds. The predicted octanol–water partition coefficient (Wildman–Crippen LogP) is 1.61. The maximum Gasteiger partial charge on any atom is 0.335 e. The lowest BCUT2D eigenvalue weighted by Crippen LogP contribution is -1.99. The molecule has 4 nitrogen and oxygen atoms in total. The Hall–Kier alpha value is -1.55. The van der Waals surface area contributed by atoms with Crippen LogP contribution < -0.4 is 5.32 Å². The van der Waals surface area contributed by atoms with Crippen molar-refractivity contribution >= 4 is 29.7 Å². The van der Waals surface area contributed by atoms with Crippen molar-refractivity contribution in [3.63, 3.8) is 0 Å². The van der Waals surface area contributed by atoms with Gasteiger partial charge >= 0.3 is 5.97 Å². The molecule has 0 fully saturated rings. The van der Waals surface area contributed by atoms with E-state index in [4.69, 9.17) is 16.7 Å². The molecule has 0 heterocycles. The van der Waals surface area contributed by atoms with Crippen molar-refractivity contribution < 1.29 is 14.7 Å². The van der Waals surface area contributed by atoms with Gasteiger partial charge in [0.15, 0.2) is 0 Å². The Morgan fingerprint density at radius 3 is 2.69 bits per heavy atom. The fourth-order valence-corrected chi connectivity index (χ4v) is 1.06. The van der Waals surface area contributed by atoms with E-state index >= 15 is 0 Å². The molecule has 0 aliphatic rings. The maximum atomic E-state index is 10.5. The topological polar surface area (TPSA) is 66.4 Å². The summed E-state index contributed by atoms with van der Waals surface area (Å²) < 4.78 is 0. The molecule has 0 unspecified atom stereocenters. The minimum absolute atomic E-state index is 0.0847. The molecular weight excluding hydrogens is 194 g/mol. The molecule has 0 radical (unpaired) electrons. The molecule has 0 saturated carbocycles. The number of nitrogens with one attached hydrogen (secondary N) is 1. The molecule has 5 heteroatoms. The zero-order chi connectivity index (χ0) is 9.84. The molecule has 0 aliphatic carbocycles. The lowest BCUT2D eigenvalue weighted by Gasteiger charge is -2.02. The van der Waals surface area contributed by atoms with Gasteiger partial charge in [0, 0.05) is 0 Å². The zero-order valence-electron chi connectivity index (χ0n) is 6.45. The highest BCUT2D eigenvalue weighted by Crippen LogP contribution is 2.22. The van der Waals surface area contributed by atoms with Gasteiger partial charge in [0.05, 0.1) is 16.3 Å². The van der Waals surface area contributed by atoms with E-state index in [-0.39, 0.29) is 10.6 Å². The summed E-state index contributed by atoms with van der Waals surface area (Å²) in [5, 5.41) is 11.1. The van der Waals surface area contributed by atoms with E-state index in [1.165, 1.54) is 18.2 Å². The summed E-state index contributed by atoms with van der Waals surface area (Å²) in [6.07, 6.45) is 0.474. The van der Waals surface area contributed by atoms with Crippen molar-refractivity contribution in [1.29, 1.82) is 0 Å². The highest BCUT2D eigenvalue weighted by atomic mass is 35.5. The van der Waals surface area contributed by atoms with Crippen LogP contribution in [0.1, 0.15) is 10.4 Å². The van der Waals surface area contributed by atoms with Gasteiger partial charge in [-0.05, 0) is 18.2 Å². The van der Waals surface area contributed by atoms with Gasteiger partial charge in [-0.25, -0.2) is 4.79 Å². The number of amides is 1. The van der Waals surface area contributed by atoms with Crippen LogP contribution in [0, 0.1) is 0 Å². The molecular formula is C8H6ClNO3. The van der Waals surface area contributed by atoms with Crippen molar-refractivity contribution in [2.45, 2.75) is 0 Å². The SMILES string of the molecule is O=CNc1ccc(C(=O)O)cc1Cl. The summed E-state index contributed by atoms with van der Waals surface area (Å²) in [6.45, 7) is 0. The zero-order valence-corrected chi connectivity index (χ0v) is 7.21. The molecule has 0 bridgehead atoms. The van der Waals surface area contributed by atoms with Crippen molar-refractivity contribution in [3.8, 4) is 0 Å². The molecule has 2 N–H and O–H groups in total. The fourth-order valence-electron chi connectivity index (χ4n) is 0.829. The molecule has 1 aromatic rings. The van der Waals surface area contributed by atoms with Crippen LogP contribution in [0.25, 0.3) is 0 Å². The molecule has 0 atom stereocenters. The maximum absolute atomic E-state index is 10.5. The Morgan fingerprint density at radius 2 is 2.23 bits per heavy atom. The molecule has 0 aromatic heterocycles. The Kier molecular flexibility index (Phi) is 2.87. The Balaban J connectivity index is 3.04. The Labute approximate surface area is 79.1 Å². The van der Waals surface area contributed by atoms with Gasteiger partial charge in [-0.1, -0.05) is 11.6 Å². The number of rotatable bonds is 3. The number of hydrogen-bond acceptors (Lipinski definition) is 2. The van der Waals surface area contributed by atoms with Crippen molar-refractivity contribution in [2.24, 2.45) is 0 Å². The number of carboxylic acids is 1. The van der Waals surface area contributed by atoms with Gasteiger partial charge in [0.1, 0.15) is 0 Å². The first kappa shape index (κ1) is 9.54. The fraction of sp³-hybridized carbons (Fsp3) is 0. The summed E-state index contributed by atoms with van der Waals surface area (Å²) in [5.74, 6) is -1.06. The van der Waals surface area contributed by atoms with E-state index < -0.39 is 5.97 Å². The first-order valence-electron chi connectivity index (χ1n) is 3.38. The molecule has 1 aromatic carbocycles. The first-order valence-corrected chi connectivity index (χ1v) is 3.76. The number of halogens is 1. The summed E-state index contributed by atoms with van der Waals surface area (Å²) in [5.41, 5.74) is 0.475. The number of aromatic carboxylic acids is 1. The van der Waals surface area contributed by atoms with Crippen LogP contribution in [-0.2, 0) is 4.79 Å². The normalized spacial score (nSPS) is 9.31. The second-order valence-corrected chi connectivity index (χ2v) is 2.67.